The summed E-state index contributed by atoms with van der Waals surface area (Å²) < 4.78 is 0. The number of halogens is 1. The Morgan fingerprint density at radius 2 is 1.18 bits per heavy atom. The average Bonchev–Trinajstić information content (AvgIpc) is 2.67. The molecule has 0 bridgehead atoms. The van der Waals surface area contributed by atoms with Crippen molar-refractivity contribution in [1.29, 1.82) is 0 Å². The van der Waals surface area contributed by atoms with Crippen LogP contribution in [0.2, 0.25) is 0 Å². The second-order valence-electron chi connectivity index (χ2n) is 6.42. The molecule has 28 heavy (non-hydrogen) atoms. The van der Waals surface area contributed by atoms with Gasteiger partial charge in [-0.05, 0) is 11.8 Å². The van der Waals surface area contributed by atoms with Crippen molar-refractivity contribution in [3.8, 4) is 0 Å². The van der Waals surface area contributed by atoms with Crippen molar-refractivity contribution in [1.82, 2.24) is 24.9 Å². The van der Waals surface area contributed by atoms with E-state index in [0.717, 1.165) is 0 Å². The van der Waals surface area contributed by atoms with Gasteiger partial charge in [-0.1, -0.05) is 0 Å². The maximum Gasteiger partial charge on any atom is 0.323 e. The van der Waals surface area contributed by atoms with E-state index in [1.54, 1.807) is 14.7 Å². The van der Waals surface area contributed by atoms with Gasteiger partial charge in [-0.15, -0.1) is 0 Å². The molecule has 5 N–H and O–H groups in total. The molecule has 0 radical (unpaired) electrons. The summed E-state index contributed by atoms with van der Waals surface area (Å²) in [6.07, 6.45) is 0. The van der Waals surface area contributed by atoms with E-state index in [2.05, 4.69) is 10.2 Å². The monoisotopic (exact) mass is 423 g/mol. The standard InChI is InChI=1S/C15H26ClN5O7/c16-18-11(15(27)28)7-17-12(22)8-19-1-3-20(9-13(23)24)5-6-21(4-2-19)10-14(25)26/h11,18H,1-10H2,(H,17,22)(H,23,24)(H,25,26)(H,27,28)/t11-/m0/s1. The molecule has 0 aromatic carbocycles. The lowest BCUT2D eigenvalue weighted by molar-refractivity contribution is -0.140. The quantitative estimate of drug-likeness (QED) is 0.234. The first-order chi connectivity index (χ1) is 13.2. The van der Waals surface area contributed by atoms with Gasteiger partial charge in [0.05, 0.1) is 19.6 Å². The Morgan fingerprint density at radius 1 is 0.786 bits per heavy atom. The van der Waals surface area contributed by atoms with E-state index in [-0.39, 0.29) is 26.2 Å². The first-order valence-electron chi connectivity index (χ1n) is 8.67. The molecule has 13 heteroatoms. The summed E-state index contributed by atoms with van der Waals surface area (Å²) in [7, 11) is 0. The van der Waals surface area contributed by atoms with Gasteiger partial charge in [0, 0.05) is 45.8 Å². The van der Waals surface area contributed by atoms with Crippen molar-refractivity contribution in [3.05, 3.63) is 0 Å². The number of hydrogen-bond donors (Lipinski definition) is 5. The molecule has 1 aliphatic heterocycles. The Hall–Kier alpha value is -1.99. The first-order valence-corrected chi connectivity index (χ1v) is 9.05. The van der Waals surface area contributed by atoms with Crippen LogP contribution < -0.4 is 10.2 Å². The lowest BCUT2D eigenvalue weighted by Gasteiger charge is -2.24. The summed E-state index contributed by atoms with van der Waals surface area (Å²) >= 11 is 5.31. The van der Waals surface area contributed by atoms with Crippen LogP contribution in [-0.2, 0) is 19.2 Å². The zero-order chi connectivity index (χ0) is 21.1. The molecule has 160 valence electrons. The van der Waals surface area contributed by atoms with Gasteiger partial charge < -0.3 is 20.6 Å². The second kappa shape index (κ2) is 12.5. The Labute approximate surface area is 167 Å². The molecule has 0 unspecified atom stereocenters. The molecule has 0 aromatic rings. The largest absolute Gasteiger partial charge is 0.480 e. The summed E-state index contributed by atoms with van der Waals surface area (Å²) in [6.45, 7) is 1.87. The molecule has 0 aromatic heterocycles. The van der Waals surface area contributed by atoms with E-state index >= 15 is 0 Å². The fourth-order valence-corrected chi connectivity index (χ4v) is 2.86. The van der Waals surface area contributed by atoms with Gasteiger partial charge in [-0.2, -0.15) is 0 Å². The van der Waals surface area contributed by atoms with Crippen LogP contribution in [0.15, 0.2) is 0 Å². The molecular weight excluding hydrogens is 398 g/mol. The average molecular weight is 424 g/mol. The van der Waals surface area contributed by atoms with Crippen LogP contribution in [0.25, 0.3) is 0 Å². The van der Waals surface area contributed by atoms with Gasteiger partial charge in [-0.25, -0.2) is 4.84 Å². The fraction of sp³-hybridized carbons (Fsp3) is 0.733. The molecule has 0 saturated carbocycles. The highest BCUT2D eigenvalue weighted by Gasteiger charge is 2.21. The minimum atomic E-state index is -1.20. The van der Waals surface area contributed by atoms with Crippen LogP contribution in [0, 0.1) is 0 Å². The lowest BCUT2D eigenvalue weighted by atomic mass is 10.3. The van der Waals surface area contributed by atoms with Crippen LogP contribution in [0.1, 0.15) is 0 Å². The van der Waals surface area contributed by atoms with Gasteiger partial charge >= 0.3 is 17.9 Å². The van der Waals surface area contributed by atoms with Crippen molar-refractivity contribution < 1.29 is 34.5 Å². The third-order valence-corrected chi connectivity index (χ3v) is 4.48. The first kappa shape index (κ1) is 24.0. The zero-order valence-corrected chi connectivity index (χ0v) is 16.1. The summed E-state index contributed by atoms with van der Waals surface area (Å²) in [6, 6.07) is -1.13. The fourth-order valence-electron chi connectivity index (χ4n) is 2.69. The van der Waals surface area contributed by atoms with Gasteiger partial charge in [0.15, 0.2) is 0 Å². The molecule has 1 atom stereocenters. The Balaban J connectivity index is 2.66. The molecule has 0 spiro atoms. The number of carboxylic acids is 3. The molecule has 12 nitrogen and oxygen atoms in total. The number of nitrogens with one attached hydrogen (secondary N) is 2. The van der Waals surface area contributed by atoms with E-state index in [1.165, 1.54) is 0 Å². The number of carboxylic acid groups (broad SMARTS) is 3. The van der Waals surface area contributed by atoms with Crippen molar-refractivity contribution in [2.75, 3.05) is 65.4 Å². The predicted octanol–water partition coefficient (Wildman–Crippen LogP) is -2.61. The molecule has 1 aliphatic rings. The minimum Gasteiger partial charge on any atom is -0.480 e. The summed E-state index contributed by atoms with van der Waals surface area (Å²) in [5.41, 5.74) is 0. The highest BCUT2D eigenvalue weighted by molar-refractivity contribution is 6.14. The molecule has 1 fully saturated rings. The number of amides is 1. The molecule has 1 saturated heterocycles. The van der Waals surface area contributed by atoms with Gasteiger partial charge in [0.2, 0.25) is 5.91 Å². The summed E-state index contributed by atoms with van der Waals surface area (Å²) in [5, 5.41) is 29.4. The highest BCUT2D eigenvalue weighted by Crippen LogP contribution is 2.01. The summed E-state index contributed by atoms with van der Waals surface area (Å²) in [4.78, 5) is 52.2. The van der Waals surface area contributed by atoms with E-state index < -0.39 is 29.9 Å². The van der Waals surface area contributed by atoms with Gasteiger partial charge in [-0.3, -0.25) is 33.9 Å². The second-order valence-corrected chi connectivity index (χ2v) is 6.64. The third kappa shape index (κ3) is 9.80. The predicted molar refractivity (Wildman–Crippen MR) is 98.0 cm³/mol. The molecule has 0 aliphatic carbocycles. The number of carbonyl (C=O) groups excluding carboxylic acids is 1. The molecule has 1 amide bonds. The number of hydrogen-bond acceptors (Lipinski definition) is 8. The van der Waals surface area contributed by atoms with E-state index in [4.69, 9.17) is 27.1 Å². The highest BCUT2D eigenvalue weighted by atomic mass is 35.5. The lowest BCUT2D eigenvalue weighted by Crippen LogP contribution is -2.47. The van der Waals surface area contributed by atoms with Crippen molar-refractivity contribution in [2.45, 2.75) is 6.04 Å². The topological polar surface area (TPSA) is 163 Å². The molecular formula is C15H26ClN5O7. The SMILES string of the molecule is O=C(O)CN1CCN(CC(=O)O)CCN(CC(=O)NC[C@H](NCl)C(=O)O)CC1. The van der Waals surface area contributed by atoms with E-state index in [1.807, 2.05) is 0 Å². The Morgan fingerprint density at radius 3 is 1.50 bits per heavy atom. The van der Waals surface area contributed by atoms with Crippen LogP contribution in [-0.4, -0.2) is 125 Å². The molecule has 1 rings (SSSR count). The van der Waals surface area contributed by atoms with Gasteiger partial charge in [0.25, 0.3) is 0 Å². The van der Waals surface area contributed by atoms with Crippen molar-refractivity contribution in [3.63, 3.8) is 0 Å². The Bertz CT molecular complexity index is 537. The number of aliphatic carboxylic acids is 3. The van der Waals surface area contributed by atoms with Crippen molar-refractivity contribution in [2.24, 2.45) is 0 Å². The number of rotatable bonds is 10. The van der Waals surface area contributed by atoms with Gasteiger partial charge in [0.1, 0.15) is 6.04 Å². The minimum absolute atomic E-state index is 0.0313. The zero-order valence-electron chi connectivity index (χ0n) is 15.3. The van der Waals surface area contributed by atoms with Crippen LogP contribution in [0.3, 0.4) is 0 Å². The van der Waals surface area contributed by atoms with Crippen molar-refractivity contribution >= 4 is 35.6 Å². The van der Waals surface area contributed by atoms with Crippen LogP contribution in [0.5, 0.6) is 0 Å². The maximum atomic E-state index is 12.1. The number of carbonyl (C=O) groups is 4. The van der Waals surface area contributed by atoms with Crippen LogP contribution in [0.4, 0.5) is 0 Å². The van der Waals surface area contributed by atoms with E-state index in [0.29, 0.717) is 39.3 Å². The van der Waals surface area contributed by atoms with E-state index in [9.17, 15) is 19.2 Å². The van der Waals surface area contributed by atoms with Crippen LogP contribution >= 0.6 is 11.8 Å². The molecule has 1 heterocycles. The smallest absolute Gasteiger partial charge is 0.323 e. The normalized spacial score (nSPS) is 18.5. The summed E-state index contributed by atoms with van der Waals surface area (Å²) in [5.74, 6) is -3.58. The maximum absolute atomic E-state index is 12.1. The Kier molecular flexibility index (Phi) is 10.7. The third-order valence-electron chi connectivity index (χ3n) is 4.22. The number of nitrogens with zero attached hydrogens (tertiary/aromatic N) is 3.